The molecule has 0 spiro atoms. The number of hydrogen-bond donors (Lipinski definition) is 1. The second-order valence-corrected chi connectivity index (χ2v) is 6.71. The molecule has 0 aliphatic carbocycles. The first-order valence-electron chi connectivity index (χ1n) is 6.95. The standard InChI is InChI=1S/C16H18FNO3S/c17-15-7-9-16(10-8-15)21-11-4-12-22(19,20)18-13-14-5-2-1-3-6-14/h1-3,5-10,18H,4,11-13H2. The predicted molar refractivity (Wildman–Crippen MR) is 83.6 cm³/mol. The number of benzene rings is 2. The summed E-state index contributed by atoms with van der Waals surface area (Å²) in [7, 11) is -3.33. The average Bonchev–Trinajstić information content (AvgIpc) is 2.52. The molecule has 0 amide bonds. The van der Waals surface area contributed by atoms with Gasteiger partial charge < -0.3 is 4.74 Å². The summed E-state index contributed by atoms with van der Waals surface area (Å²) >= 11 is 0. The molecule has 0 unspecified atom stereocenters. The second-order valence-electron chi connectivity index (χ2n) is 4.78. The molecule has 0 aromatic heterocycles. The van der Waals surface area contributed by atoms with Crippen molar-refractivity contribution in [1.82, 2.24) is 4.72 Å². The Balaban J connectivity index is 1.70. The lowest BCUT2D eigenvalue weighted by atomic mass is 10.2. The highest BCUT2D eigenvalue weighted by molar-refractivity contribution is 7.89. The summed E-state index contributed by atoms with van der Waals surface area (Å²) in [4.78, 5) is 0. The van der Waals surface area contributed by atoms with Crippen LogP contribution in [0.1, 0.15) is 12.0 Å². The number of hydrogen-bond acceptors (Lipinski definition) is 3. The normalized spacial score (nSPS) is 11.3. The molecule has 0 saturated heterocycles. The third kappa shape index (κ3) is 5.83. The SMILES string of the molecule is O=S(=O)(CCCOc1ccc(F)cc1)NCc1ccccc1. The van der Waals surface area contributed by atoms with Crippen LogP contribution >= 0.6 is 0 Å². The molecular formula is C16H18FNO3S. The van der Waals surface area contributed by atoms with Crippen LogP contribution < -0.4 is 9.46 Å². The maximum Gasteiger partial charge on any atom is 0.212 e. The van der Waals surface area contributed by atoms with Crippen molar-refractivity contribution in [3.8, 4) is 5.75 Å². The predicted octanol–water partition coefficient (Wildman–Crippen LogP) is 2.71. The molecule has 2 rings (SSSR count). The summed E-state index contributed by atoms with van der Waals surface area (Å²) in [6.45, 7) is 0.542. The Hall–Kier alpha value is -1.92. The number of rotatable bonds is 8. The van der Waals surface area contributed by atoms with E-state index < -0.39 is 10.0 Å². The highest BCUT2D eigenvalue weighted by Gasteiger charge is 2.09. The molecule has 2 aromatic carbocycles. The number of halogens is 1. The Labute approximate surface area is 130 Å². The topological polar surface area (TPSA) is 55.4 Å². The van der Waals surface area contributed by atoms with Crippen LogP contribution in [0.3, 0.4) is 0 Å². The summed E-state index contributed by atoms with van der Waals surface area (Å²) in [6, 6.07) is 14.9. The highest BCUT2D eigenvalue weighted by Crippen LogP contribution is 2.11. The highest BCUT2D eigenvalue weighted by atomic mass is 32.2. The second kappa shape index (κ2) is 7.91. The lowest BCUT2D eigenvalue weighted by Crippen LogP contribution is -2.26. The van der Waals surface area contributed by atoms with E-state index in [9.17, 15) is 12.8 Å². The number of ether oxygens (including phenoxy) is 1. The van der Waals surface area contributed by atoms with E-state index in [-0.39, 0.29) is 24.7 Å². The van der Waals surface area contributed by atoms with Crippen LogP contribution in [-0.4, -0.2) is 20.8 Å². The van der Waals surface area contributed by atoms with Crippen molar-refractivity contribution in [3.63, 3.8) is 0 Å². The van der Waals surface area contributed by atoms with Crippen molar-refractivity contribution in [2.75, 3.05) is 12.4 Å². The molecule has 1 N–H and O–H groups in total. The van der Waals surface area contributed by atoms with E-state index in [1.807, 2.05) is 30.3 Å². The van der Waals surface area contributed by atoms with Gasteiger partial charge >= 0.3 is 0 Å². The van der Waals surface area contributed by atoms with Crippen molar-refractivity contribution >= 4 is 10.0 Å². The van der Waals surface area contributed by atoms with Crippen LogP contribution in [-0.2, 0) is 16.6 Å². The van der Waals surface area contributed by atoms with Crippen LogP contribution in [0.2, 0.25) is 0 Å². The molecule has 0 fully saturated rings. The maximum absolute atomic E-state index is 12.7. The minimum atomic E-state index is -3.33. The van der Waals surface area contributed by atoms with E-state index in [4.69, 9.17) is 4.74 Å². The van der Waals surface area contributed by atoms with E-state index in [0.29, 0.717) is 12.2 Å². The monoisotopic (exact) mass is 323 g/mol. The quantitative estimate of drug-likeness (QED) is 0.760. The fourth-order valence-electron chi connectivity index (χ4n) is 1.83. The van der Waals surface area contributed by atoms with Gasteiger partial charge in [-0.15, -0.1) is 0 Å². The lowest BCUT2D eigenvalue weighted by Gasteiger charge is -2.08. The zero-order chi connectivity index (χ0) is 15.8. The van der Waals surface area contributed by atoms with Gasteiger partial charge in [0.15, 0.2) is 0 Å². The van der Waals surface area contributed by atoms with Gasteiger partial charge in [-0.25, -0.2) is 17.5 Å². The first-order chi connectivity index (χ1) is 10.6. The Morgan fingerprint density at radius 2 is 1.68 bits per heavy atom. The molecule has 6 heteroatoms. The maximum atomic E-state index is 12.7. The van der Waals surface area contributed by atoms with Gasteiger partial charge in [-0.05, 0) is 36.2 Å². The zero-order valence-corrected chi connectivity index (χ0v) is 12.9. The Bertz CT molecular complexity index is 672. The minimum Gasteiger partial charge on any atom is -0.494 e. The molecule has 0 aliphatic rings. The fourth-order valence-corrected chi connectivity index (χ4v) is 2.86. The number of nitrogens with one attached hydrogen (secondary N) is 1. The van der Waals surface area contributed by atoms with E-state index in [0.717, 1.165) is 5.56 Å². The molecule has 2 aromatic rings. The van der Waals surface area contributed by atoms with E-state index in [1.54, 1.807) is 0 Å². The van der Waals surface area contributed by atoms with Gasteiger partial charge in [0.25, 0.3) is 0 Å². The molecule has 22 heavy (non-hydrogen) atoms. The molecule has 118 valence electrons. The largest absolute Gasteiger partial charge is 0.494 e. The van der Waals surface area contributed by atoms with E-state index in [1.165, 1.54) is 24.3 Å². The molecule has 0 atom stereocenters. The summed E-state index contributed by atoms with van der Waals surface area (Å²) in [5, 5.41) is 0. The van der Waals surface area contributed by atoms with Crippen LogP contribution in [0.15, 0.2) is 54.6 Å². The smallest absolute Gasteiger partial charge is 0.212 e. The van der Waals surface area contributed by atoms with E-state index in [2.05, 4.69) is 4.72 Å². The Kier molecular flexibility index (Phi) is 5.91. The van der Waals surface area contributed by atoms with Gasteiger partial charge in [0, 0.05) is 6.54 Å². The number of sulfonamides is 1. The van der Waals surface area contributed by atoms with Crippen LogP contribution in [0.4, 0.5) is 4.39 Å². The summed E-state index contributed by atoms with van der Waals surface area (Å²) < 4.78 is 44.3. The molecule has 0 saturated carbocycles. The van der Waals surface area contributed by atoms with Gasteiger partial charge in [-0.3, -0.25) is 0 Å². The zero-order valence-electron chi connectivity index (χ0n) is 12.0. The van der Waals surface area contributed by atoms with Crippen molar-refractivity contribution in [1.29, 1.82) is 0 Å². The van der Waals surface area contributed by atoms with Crippen molar-refractivity contribution < 1.29 is 17.5 Å². The van der Waals surface area contributed by atoms with Crippen LogP contribution in [0.25, 0.3) is 0 Å². The third-order valence-electron chi connectivity index (χ3n) is 2.98. The first-order valence-corrected chi connectivity index (χ1v) is 8.60. The van der Waals surface area contributed by atoms with Gasteiger partial charge in [-0.2, -0.15) is 0 Å². The molecule has 4 nitrogen and oxygen atoms in total. The molecule has 0 bridgehead atoms. The summed E-state index contributed by atoms with van der Waals surface area (Å²) in [5.41, 5.74) is 0.911. The molecule has 0 radical (unpaired) electrons. The average molecular weight is 323 g/mol. The minimum absolute atomic E-state index is 0.0129. The molecule has 0 heterocycles. The Morgan fingerprint density at radius 1 is 1.00 bits per heavy atom. The van der Waals surface area contributed by atoms with Crippen LogP contribution in [0.5, 0.6) is 5.75 Å². The molecule has 0 aliphatic heterocycles. The summed E-state index contributed by atoms with van der Waals surface area (Å²) in [6.07, 6.45) is 0.363. The van der Waals surface area contributed by atoms with Gasteiger partial charge in [0.05, 0.1) is 12.4 Å². The first kappa shape index (κ1) is 16.5. The van der Waals surface area contributed by atoms with Crippen molar-refractivity contribution in [3.05, 3.63) is 66.0 Å². The molecular weight excluding hydrogens is 305 g/mol. The van der Waals surface area contributed by atoms with Crippen molar-refractivity contribution in [2.24, 2.45) is 0 Å². The van der Waals surface area contributed by atoms with Crippen molar-refractivity contribution in [2.45, 2.75) is 13.0 Å². The fraction of sp³-hybridized carbons (Fsp3) is 0.250. The van der Waals surface area contributed by atoms with Crippen LogP contribution in [0, 0.1) is 5.82 Å². The third-order valence-corrected chi connectivity index (χ3v) is 4.39. The van der Waals surface area contributed by atoms with Gasteiger partial charge in [0.2, 0.25) is 10.0 Å². The lowest BCUT2D eigenvalue weighted by molar-refractivity contribution is 0.317. The van der Waals surface area contributed by atoms with Gasteiger partial charge in [0.1, 0.15) is 11.6 Å². The van der Waals surface area contributed by atoms with Gasteiger partial charge in [-0.1, -0.05) is 30.3 Å². The summed E-state index contributed by atoms with van der Waals surface area (Å²) in [5.74, 6) is 0.178. The Morgan fingerprint density at radius 3 is 2.36 bits per heavy atom. The van der Waals surface area contributed by atoms with E-state index >= 15 is 0 Å².